The summed E-state index contributed by atoms with van der Waals surface area (Å²) in [6, 6.07) is 1.81. The van der Waals surface area contributed by atoms with Crippen LogP contribution in [0.3, 0.4) is 0 Å². The lowest BCUT2D eigenvalue weighted by molar-refractivity contribution is 0.219. The first-order valence-corrected chi connectivity index (χ1v) is 8.00. The van der Waals surface area contributed by atoms with Crippen molar-refractivity contribution in [2.45, 2.75) is 64.5 Å². The molecule has 1 heteroatoms. The highest BCUT2D eigenvalue weighted by atomic mass is 15.0. The summed E-state index contributed by atoms with van der Waals surface area (Å²) in [5.41, 5.74) is 0. The molecular weight excluding hydrogens is 206 g/mol. The normalized spacial score (nSPS) is 60.4. The second-order valence-corrected chi connectivity index (χ2v) is 7.64. The maximum Gasteiger partial charge on any atom is 0.0138 e. The molecule has 1 N–H and O–H groups in total. The molecule has 0 heterocycles. The molecule has 4 aliphatic carbocycles. The quantitative estimate of drug-likeness (QED) is 0.770. The average Bonchev–Trinajstić information content (AvgIpc) is 2.73. The molecule has 1 nitrogen and oxygen atoms in total. The molecule has 0 aromatic rings. The summed E-state index contributed by atoms with van der Waals surface area (Å²) in [5, 5.41) is 4.05. The van der Waals surface area contributed by atoms with E-state index in [4.69, 9.17) is 0 Å². The SMILES string of the molecule is CC1CCC(NC2C3C4CCC(C4)C23)CC1C. The largest absolute Gasteiger partial charge is 0.311 e. The Kier molecular flexibility index (Phi) is 2.38. The van der Waals surface area contributed by atoms with Crippen molar-refractivity contribution in [1.29, 1.82) is 0 Å². The van der Waals surface area contributed by atoms with Crippen LogP contribution >= 0.6 is 0 Å². The Morgan fingerprint density at radius 3 is 2.12 bits per heavy atom. The van der Waals surface area contributed by atoms with Crippen LogP contribution in [0.1, 0.15) is 52.4 Å². The van der Waals surface area contributed by atoms with Crippen LogP contribution in [-0.2, 0) is 0 Å². The van der Waals surface area contributed by atoms with Crippen molar-refractivity contribution < 1.29 is 0 Å². The van der Waals surface area contributed by atoms with Gasteiger partial charge in [0.1, 0.15) is 0 Å². The monoisotopic (exact) mass is 233 g/mol. The van der Waals surface area contributed by atoms with Gasteiger partial charge < -0.3 is 5.32 Å². The van der Waals surface area contributed by atoms with Crippen molar-refractivity contribution in [1.82, 2.24) is 5.32 Å². The Morgan fingerprint density at radius 1 is 0.765 bits per heavy atom. The van der Waals surface area contributed by atoms with Crippen molar-refractivity contribution in [3.8, 4) is 0 Å². The third-order valence-corrected chi connectivity index (χ3v) is 6.76. The predicted molar refractivity (Wildman–Crippen MR) is 70.7 cm³/mol. The second-order valence-electron chi connectivity index (χ2n) is 7.64. The summed E-state index contributed by atoms with van der Waals surface area (Å²) < 4.78 is 0. The van der Waals surface area contributed by atoms with E-state index in [1.807, 2.05) is 0 Å². The first-order valence-electron chi connectivity index (χ1n) is 8.00. The van der Waals surface area contributed by atoms with Crippen LogP contribution in [0.5, 0.6) is 0 Å². The minimum absolute atomic E-state index is 0.858. The van der Waals surface area contributed by atoms with Gasteiger partial charge in [0, 0.05) is 12.1 Å². The van der Waals surface area contributed by atoms with E-state index in [0.717, 1.165) is 47.6 Å². The third-order valence-electron chi connectivity index (χ3n) is 6.76. The molecule has 4 aliphatic rings. The van der Waals surface area contributed by atoms with E-state index < -0.39 is 0 Å². The summed E-state index contributed by atoms with van der Waals surface area (Å²) >= 11 is 0. The van der Waals surface area contributed by atoms with Crippen LogP contribution in [0, 0.1) is 35.5 Å². The highest BCUT2D eigenvalue weighted by Gasteiger charge is 2.65. The van der Waals surface area contributed by atoms with E-state index in [2.05, 4.69) is 19.2 Å². The molecule has 0 aromatic carbocycles. The summed E-state index contributed by atoms with van der Waals surface area (Å²) in [5.74, 6) is 6.39. The first kappa shape index (κ1) is 10.8. The van der Waals surface area contributed by atoms with Gasteiger partial charge in [0.15, 0.2) is 0 Å². The van der Waals surface area contributed by atoms with Gasteiger partial charge >= 0.3 is 0 Å². The van der Waals surface area contributed by atoms with Gasteiger partial charge in [0.25, 0.3) is 0 Å². The predicted octanol–water partition coefficient (Wildman–Crippen LogP) is 3.45. The molecule has 0 spiro atoms. The van der Waals surface area contributed by atoms with E-state index in [1.165, 1.54) is 19.3 Å². The van der Waals surface area contributed by atoms with Crippen LogP contribution < -0.4 is 5.32 Å². The standard InChI is InChI=1S/C16H27N/c1-9-3-6-13(7-10(9)2)17-16-14-11-4-5-12(8-11)15(14)16/h9-17H,3-8H2,1-2H3. The molecule has 7 atom stereocenters. The fraction of sp³-hybridized carbons (Fsp3) is 1.00. The minimum atomic E-state index is 0.858. The Bertz CT molecular complexity index is 297. The molecule has 0 amide bonds. The number of hydrogen-bond donors (Lipinski definition) is 1. The molecule has 96 valence electrons. The lowest BCUT2D eigenvalue weighted by Gasteiger charge is -2.33. The number of fused-ring (bicyclic) bond motifs is 5. The highest BCUT2D eigenvalue weighted by molar-refractivity contribution is 5.17. The average molecular weight is 233 g/mol. The number of hydrogen-bond acceptors (Lipinski definition) is 1. The van der Waals surface area contributed by atoms with Crippen molar-refractivity contribution >= 4 is 0 Å². The maximum atomic E-state index is 4.05. The summed E-state index contributed by atoms with van der Waals surface area (Å²) in [6.07, 6.45) is 9.03. The van der Waals surface area contributed by atoms with Gasteiger partial charge in [0.05, 0.1) is 0 Å². The maximum absolute atomic E-state index is 4.05. The van der Waals surface area contributed by atoms with Gasteiger partial charge in [0.2, 0.25) is 0 Å². The Labute approximate surface area is 106 Å². The lowest BCUT2D eigenvalue weighted by atomic mass is 9.79. The number of rotatable bonds is 2. The molecule has 0 saturated heterocycles. The van der Waals surface area contributed by atoms with Gasteiger partial charge in [-0.3, -0.25) is 0 Å². The van der Waals surface area contributed by atoms with Crippen LogP contribution in [0.25, 0.3) is 0 Å². The molecule has 0 aromatic heterocycles. The molecule has 17 heavy (non-hydrogen) atoms. The molecule has 4 saturated carbocycles. The van der Waals surface area contributed by atoms with Gasteiger partial charge in [-0.2, -0.15) is 0 Å². The molecule has 7 unspecified atom stereocenters. The molecular formula is C16H27N. The fourth-order valence-corrected chi connectivity index (χ4v) is 5.52. The van der Waals surface area contributed by atoms with Gasteiger partial charge in [-0.05, 0) is 74.0 Å². The molecule has 0 aliphatic heterocycles. The zero-order valence-electron chi connectivity index (χ0n) is 11.4. The highest BCUT2D eigenvalue weighted by Crippen LogP contribution is 2.65. The van der Waals surface area contributed by atoms with Crippen molar-refractivity contribution in [2.75, 3.05) is 0 Å². The summed E-state index contributed by atoms with van der Waals surface area (Å²) in [7, 11) is 0. The third kappa shape index (κ3) is 1.61. The Balaban J connectivity index is 1.35. The van der Waals surface area contributed by atoms with Crippen molar-refractivity contribution in [2.24, 2.45) is 35.5 Å². The molecule has 2 bridgehead atoms. The van der Waals surface area contributed by atoms with Crippen molar-refractivity contribution in [3.05, 3.63) is 0 Å². The van der Waals surface area contributed by atoms with Crippen LogP contribution in [0.4, 0.5) is 0 Å². The molecule has 4 rings (SSSR count). The lowest BCUT2D eigenvalue weighted by Crippen LogP contribution is -2.39. The van der Waals surface area contributed by atoms with E-state index in [1.54, 1.807) is 19.3 Å². The zero-order chi connectivity index (χ0) is 11.6. The first-order chi connectivity index (χ1) is 8.24. The summed E-state index contributed by atoms with van der Waals surface area (Å²) in [6.45, 7) is 4.89. The number of nitrogens with one attached hydrogen (secondary N) is 1. The Morgan fingerprint density at radius 2 is 1.47 bits per heavy atom. The van der Waals surface area contributed by atoms with Crippen LogP contribution in [-0.4, -0.2) is 12.1 Å². The van der Waals surface area contributed by atoms with Gasteiger partial charge in [-0.15, -0.1) is 0 Å². The van der Waals surface area contributed by atoms with Crippen molar-refractivity contribution in [3.63, 3.8) is 0 Å². The zero-order valence-corrected chi connectivity index (χ0v) is 11.4. The summed E-state index contributed by atoms with van der Waals surface area (Å²) in [4.78, 5) is 0. The van der Waals surface area contributed by atoms with E-state index in [0.29, 0.717) is 0 Å². The van der Waals surface area contributed by atoms with E-state index >= 15 is 0 Å². The van der Waals surface area contributed by atoms with Crippen LogP contribution in [0.2, 0.25) is 0 Å². The van der Waals surface area contributed by atoms with E-state index in [-0.39, 0.29) is 0 Å². The van der Waals surface area contributed by atoms with Crippen LogP contribution in [0.15, 0.2) is 0 Å². The molecule has 4 fully saturated rings. The second kappa shape index (κ2) is 3.73. The molecule has 0 radical (unpaired) electrons. The van der Waals surface area contributed by atoms with E-state index in [9.17, 15) is 0 Å². The van der Waals surface area contributed by atoms with Gasteiger partial charge in [-0.1, -0.05) is 13.8 Å². The van der Waals surface area contributed by atoms with Gasteiger partial charge in [-0.25, -0.2) is 0 Å². The Hall–Kier alpha value is -0.0400. The topological polar surface area (TPSA) is 12.0 Å². The fourth-order valence-electron chi connectivity index (χ4n) is 5.52. The smallest absolute Gasteiger partial charge is 0.0138 e. The minimum Gasteiger partial charge on any atom is -0.311 e.